The van der Waals surface area contributed by atoms with E-state index in [1.54, 1.807) is 21.9 Å². The van der Waals surface area contributed by atoms with Crippen LogP contribution in [0.4, 0.5) is 5.69 Å². The second-order valence-corrected chi connectivity index (χ2v) is 8.07. The first kappa shape index (κ1) is 21.6. The second-order valence-electron chi connectivity index (χ2n) is 7.66. The molecule has 2 fully saturated rings. The first-order valence-corrected chi connectivity index (χ1v) is 10.7. The lowest BCUT2D eigenvalue weighted by Crippen LogP contribution is -2.53. The van der Waals surface area contributed by atoms with E-state index >= 15 is 0 Å². The van der Waals surface area contributed by atoms with Gasteiger partial charge in [0.25, 0.3) is 0 Å². The number of rotatable bonds is 5. The number of nitrogens with one attached hydrogen (secondary N) is 1. The summed E-state index contributed by atoms with van der Waals surface area (Å²) >= 11 is 6.07. The molecule has 2 aliphatic rings. The summed E-state index contributed by atoms with van der Waals surface area (Å²) in [5.41, 5.74) is 0.603. The molecule has 0 aliphatic carbocycles. The van der Waals surface area contributed by atoms with E-state index in [-0.39, 0.29) is 30.8 Å². The molecule has 0 saturated carbocycles. The maximum Gasteiger partial charge on any atom is 0.242 e. The maximum absolute atomic E-state index is 12.6. The number of carbonyl (C=O) groups excluding carboxylic acids is 3. The highest BCUT2D eigenvalue weighted by Gasteiger charge is 2.25. The van der Waals surface area contributed by atoms with Gasteiger partial charge in [0, 0.05) is 39.1 Å². The first-order chi connectivity index (χ1) is 14.0. The summed E-state index contributed by atoms with van der Waals surface area (Å²) in [6, 6.07) is 7.14. The van der Waals surface area contributed by atoms with Crippen molar-refractivity contribution >= 4 is 35.0 Å². The quantitative estimate of drug-likeness (QED) is 0.792. The van der Waals surface area contributed by atoms with Crippen LogP contribution < -0.4 is 5.32 Å². The van der Waals surface area contributed by atoms with E-state index in [1.807, 2.05) is 17.0 Å². The molecule has 1 aromatic rings. The minimum Gasteiger partial charge on any atom is -0.339 e. The molecule has 8 heteroatoms. The molecule has 0 radical (unpaired) electrons. The van der Waals surface area contributed by atoms with Crippen LogP contribution in [0.15, 0.2) is 24.3 Å². The Kier molecular flexibility index (Phi) is 7.89. The lowest BCUT2D eigenvalue weighted by Gasteiger charge is -2.35. The van der Waals surface area contributed by atoms with Gasteiger partial charge in [0.1, 0.15) is 0 Å². The van der Waals surface area contributed by atoms with Gasteiger partial charge in [-0.05, 0) is 25.0 Å². The maximum atomic E-state index is 12.6. The van der Waals surface area contributed by atoms with E-state index in [2.05, 4.69) is 5.32 Å². The number of hydrogen-bond donors (Lipinski definition) is 1. The van der Waals surface area contributed by atoms with Crippen LogP contribution in [0.5, 0.6) is 0 Å². The summed E-state index contributed by atoms with van der Waals surface area (Å²) in [7, 11) is 0. The Balaban J connectivity index is 1.42. The molecular formula is C21H29ClN4O3. The smallest absolute Gasteiger partial charge is 0.242 e. The third-order valence-electron chi connectivity index (χ3n) is 5.49. The average molecular weight is 421 g/mol. The Morgan fingerprint density at radius 1 is 0.931 bits per heavy atom. The predicted molar refractivity (Wildman–Crippen MR) is 113 cm³/mol. The van der Waals surface area contributed by atoms with Gasteiger partial charge in [-0.2, -0.15) is 0 Å². The second kappa shape index (κ2) is 10.6. The molecular weight excluding hydrogens is 392 g/mol. The van der Waals surface area contributed by atoms with Gasteiger partial charge in [-0.1, -0.05) is 36.6 Å². The van der Waals surface area contributed by atoms with Crippen molar-refractivity contribution in [3.8, 4) is 0 Å². The Bertz CT molecular complexity index is 734. The van der Waals surface area contributed by atoms with E-state index in [9.17, 15) is 14.4 Å². The van der Waals surface area contributed by atoms with Crippen LogP contribution in [0.1, 0.15) is 32.1 Å². The van der Waals surface area contributed by atoms with Gasteiger partial charge in [-0.3, -0.25) is 19.3 Å². The van der Waals surface area contributed by atoms with Crippen molar-refractivity contribution in [3.05, 3.63) is 29.3 Å². The van der Waals surface area contributed by atoms with Gasteiger partial charge in [-0.15, -0.1) is 0 Å². The monoisotopic (exact) mass is 420 g/mol. The molecule has 0 bridgehead atoms. The molecule has 0 unspecified atom stereocenters. The lowest BCUT2D eigenvalue weighted by atomic mass is 10.1. The highest BCUT2D eigenvalue weighted by molar-refractivity contribution is 6.33. The predicted octanol–water partition coefficient (Wildman–Crippen LogP) is 2.22. The Hall–Kier alpha value is -2.12. The number of para-hydroxylation sites is 1. The van der Waals surface area contributed by atoms with Crippen molar-refractivity contribution in [1.29, 1.82) is 0 Å². The molecule has 1 aromatic carbocycles. The molecule has 3 rings (SSSR count). The number of halogens is 1. The summed E-state index contributed by atoms with van der Waals surface area (Å²) in [5.74, 6) is -0.0314. The van der Waals surface area contributed by atoms with E-state index in [0.717, 1.165) is 25.7 Å². The molecule has 0 aromatic heterocycles. The summed E-state index contributed by atoms with van der Waals surface area (Å²) < 4.78 is 0. The van der Waals surface area contributed by atoms with Crippen LogP contribution in [0.25, 0.3) is 0 Å². The number of benzene rings is 1. The lowest BCUT2D eigenvalue weighted by molar-refractivity contribution is -0.142. The van der Waals surface area contributed by atoms with Gasteiger partial charge >= 0.3 is 0 Å². The van der Waals surface area contributed by atoms with Crippen molar-refractivity contribution in [2.24, 2.45) is 0 Å². The molecule has 7 nitrogen and oxygen atoms in total. The largest absolute Gasteiger partial charge is 0.339 e. The van der Waals surface area contributed by atoms with Gasteiger partial charge in [0.05, 0.1) is 23.8 Å². The minimum atomic E-state index is -0.121. The van der Waals surface area contributed by atoms with E-state index < -0.39 is 0 Å². The molecule has 3 amide bonds. The van der Waals surface area contributed by atoms with E-state index in [4.69, 9.17) is 11.6 Å². The number of hydrogen-bond acceptors (Lipinski definition) is 4. The molecule has 2 aliphatic heterocycles. The summed E-state index contributed by atoms with van der Waals surface area (Å²) in [4.78, 5) is 42.7. The molecule has 2 saturated heterocycles. The van der Waals surface area contributed by atoms with Crippen LogP contribution in [0.2, 0.25) is 5.02 Å². The highest BCUT2D eigenvalue weighted by Crippen LogP contribution is 2.20. The van der Waals surface area contributed by atoms with Gasteiger partial charge in [-0.25, -0.2) is 0 Å². The zero-order valence-corrected chi connectivity index (χ0v) is 17.5. The van der Waals surface area contributed by atoms with Gasteiger partial charge < -0.3 is 15.1 Å². The zero-order chi connectivity index (χ0) is 20.6. The van der Waals surface area contributed by atoms with Gasteiger partial charge in [0.2, 0.25) is 17.7 Å². The number of anilines is 1. The average Bonchev–Trinajstić information content (AvgIpc) is 2.70. The normalized spacial score (nSPS) is 18.9. The Labute approximate surface area is 177 Å². The minimum absolute atomic E-state index is 0.000840. The van der Waals surface area contributed by atoms with Crippen LogP contribution >= 0.6 is 11.6 Å². The standard InChI is InChI=1S/C21H29ClN4O3/c22-17-7-4-5-8-18(17)23-19(27)15-24-11-13-25(14-12-24)21(29)16-26-10-6-2-1-3-9-20(26)28/h4-5,7-8H,1-3,6,9-16H2,(H,23,27). The van der Waals surface area contributed by atoms with Gasteiger partial charge in [0.15, 0.2) is 0 Å². The SMILES string of the molecule is O=C(CN1CCN(C(=O)CN2CCCCCCC2=O)CC1)Nc1ccccc1Cl. The number of nitrogens with zero attached hydrogens (tertiary/aromatic N) is 3. The van der Waals surface area contributed by atoms with Crippen molar-refractivity contribution < 1.29 is 14.4 Å². The zero-order valence-electron chi connectivity index (χ0n) is 16.7. The summed E-state index contributed by atoms with van der Waals surface area (Å²) in [6.45, 7) is 3.52. The van der Waals surface area contributed by atoms with E-state index in [0.29, 0.717) is 49.9 Å². The van der Waals surface area contributed by atoms with Crippen molar-refractivity contribution in [3.63, 3.8) is 0 Å². The number of amides is 3. The number of likely N-dealkylation sites (tertiary alicyclic amines) is 1. The van der Waals surface area contributed by atoms with E-state index in [1.165, 1.54) is 0 Å². The van der Waals surface area contributed by atoms with Crippen LogP contribution in [-0.4, -0.2) is 78.2 Å². The third kappa shape index (κ3) is 6.44. The molecule has 158 valence electrons. The molecule has 0 spiro atoms. The molecule has 1 N–H and O–H groups in total. The third-order valence-corrected chi connectivity index (χ3v) is 5.82. The van der Waals surface area contributed by atoms with Crippen molar-refractivity contribution in [2.75, 3.05) is 51.1 Å². The number of carbonyl (C=O) groups is 3. The topological polar surface area (TPSA) is 73.0 Å². The first-order valence-electron chi connectivity index (χ1n) is 10.4. The Morgan fingerprint density at radius 3 is 2.41 bits per heavy atom. The molecule has 0 atom stereocenters. The van der Waals surface area contributed by atoms with Crippen LogP contribution in [0.3, 0.4) is 0 Å². The van der Waals surface area contributed by atoms with Crippen molar-refractivity contribution in [1.82, 2.24) is 14.7 Å². The summed E-state index contributed by atoms with van der Waals surface area (Å²) in [6.07, 6.45) is 4.64. The highest BCUT2D eigenvalue weighted by atomic mass is 35.5. The molecule has 2 heterocycles. The van der Waals surface area contributed by atoms with Crippen molar-refractivity contribution in [2.45, 2.75) is 32.1 Å². The fourth-order valence-electron chi connectivity index (χ4n) is 3.76. The summed E-state index contributed by atoms with van der Waals surface area (Å²) in [5, 5.41) is 3.33. The van der Waals surface area contributed by atoms with Crippen LogP contribution in [-0.2, 0) is 14.4 Å². The Morgan fingerprint density at radius 2 is 1.66 bits per heavy atom. The fourth-order valence-corrected chi connectivity index (χ4v) is 3.94. The van der Waals surface area contributed by atoms with Crippen LogP contribution in [0, 0.1) is 0 Å². The number of piperazine rings is 1. The molecule has 29 heavy (non-hydrogen) atoms. The fraction of sp³-hybridized carbons (Fsp3) is 0.571.